The summed E-state index contributed by atoms with van der Waals surface area (Å²) in [7, 11) is 1.58. The third-order valence-electron chi connectivity index (χ3n) is 2.70. The van der Waals surface area contributed by atoms with Crippen molar-refractivity contribution < 1.29 is 19.1 Å². The van der Waals surface area contributed by atoms with E-state index in [9.17, 15) is 9.59 Å². The first-order valence-electron chi connectivity index (χ1n) is 6.55. The number of benzene rings is 1. The predicted octanol–water partition coefficient (Wildman–Crippen LogP) is 3.05. The lowest BCUT2D eigenvalue weighted by Gasteiger charge is -2.13. The summed E-state index contributed by atoms with van der Waals surface area (Å²) in [6.45, 7) is 4.69. The molecule has 2 rings (SSSR count). The first kappa shape index (κ1) is 15.4. The predicted molar refractivity (Wildman–Crippen MR) is 82.4 cm³/mol. The molecule has 0 atom stereocenters. The van der Waals surface area contributed by atoms with Crippen LogP contribution in [0.15, 0.2) is 23.1 Å². The van der Waals surface area contributed by atoms with Crippen molar-refractivity contribution in [1.29, 1.82) is 0 Å². The molecule has 0 radical (unpaired) electrons. The maximum Gasteiger partial charge on any atom is 0.290 e. The van der Waals surface area contributed by atoms with E-state index in [2.05, 4.69) is 19.2 Å². The summed E-state index contributed by atoms with van der Waals surface area (Å²) >= 11 is 0.892. The number of methoxy groups -OCH3 is 1. The lowest BCUT2D eigenvalue weighted by atomic mass is 10.2. The first-order valence-corrected chi connectivity index (χ1v) is 7.37. The molecular weight excluding hydrogens is 290 g/mol. The summed E-state index contributed by atoms with van der Waals surface area (Å²) in [5.41, 5.74) is 0.780. The molecule has 6 heteroatoms. The number of imide groups is 1. The van der Waals surface area contributed by atoms with Crippen molar-refractivity contribution in [2.75, 3.05) is 13.7 Å². The number of hydrogen-bond donors (Lipinski definition) is 1. The Hall–Kier alpha value is -1.95. The van der Waals surface area contributed by atoms with Gasteiger partial charge in [0.05, 0.1) is 18.6 Å². The summed E-state index contributed by atoms with van der Waals surface area (Å²) in [6, 6.07) is 5.39. The lowest BCUT2D eigenvalue weighted by molar-refractivity contribution is -0.115. The van der Waals surface area contributed by atoms with Crippen LogP contribution >= 0.6 is 11.8 Å². The van der Waals surface area contributed by atoms with Crippen molar-refractivity contribution >= 4 is 29.0 Å². The van der Waals surface area contributed by atoms with E-state index < -0.39 is 0 Å². The monoisotopic (exact) mass is 307 g/mol. The zero-order valence-corrected chi connectivity index (χ0v) is 13.0. The number of hydrogen-bond acceptors (Lipinski definition) is 5. The number of carbonyl (C=O) groups excluding carboxylic acids is 2. The van der Waals surface area contributed by atoms with Crippen molar-refractivity contribution in [3.8, 4) is 11.5 Å². The molecule has 0 saturated carbocycles. The van der Waals surface area contributed by atoms with Crippen molar-refractivity contribution in [2.24, 2.45) is 5.92 Å². The van der Waals surface area contributed by atoms with Gasteiger partial charge < -0.3 is 9.47 Å². The van der Waals surface area contributed by atoms with Crippen molar-refractivity contribution in [1.82, 2.24) is 5.32 Å². The van der Waals surface area contributed by atoms with E-state index in [-0.39, 0.29) is 11.1 Å². The van der Waals surface area contributed by atoms with Gasteiger partial charge in [-0.15, -0.1) is 0 Å². The summed E-state index contributed by atoms with van der Waals surface area (Å²) in [5, 5.41) is 1.87. The Morgan fingerprint density at radius 1 is 1.29 bits per heavy atom. The number of amides is 2. The van der Waals surface area contributed by atoms with Crippen LogP contribution in [0.1, 0.15) is 19.4 Å². The second kappa shape index (κ2) is 6.67. The largest absolute Gasteiger partial charge is 0.493 e. The third kappa shape index (κ3) is 4.01. The van der Waals surface area contributed by atoms with Crippen molar-refractivity contribution in [3.63, 3.8) is 0 Å². The minimum absolute atomic E-state index is 0.351. The Balaban J connectivity index is 2.25. The van der Waals surface area contributed by atoms with Gasteiger partial charge in [0, 0.05) is 0 Å². The summed E-state index contributed by atoms with van der Waals surface area (Å²) in [4.78, 5) is 23.1. The molecule has 1 saturated heterocycles. The molecule has 1 aliphatic heterocycles. The molecule has 0 unspecified atom stereocenters. The molecule has 1 aromatic carbocycles. The van der Waals surface area contributed by atoms with E-state index >= 15 is 0 Å². The van der Waals surface area contributed by atoms with E-state index in [0.717, 1.165) is 17.3 Å². The van der Waals surface area contributed by atoms with Gasteiger partial charge in [0.15, 0.2) is 11.5 Å². The smallest absolute Gasteiger partial charge is 0.290 e. The van der Waals surface area contributed by atoms with Crippen molar-refractivity contribution in [3.05, 3.63) is 28.7 Å². The van der Waals surface area contributed by atoms with E-state index in [4.69, 9.17) is 9.47 Å². The minimum Gasteiger partial charge on any atom is -0.493 e. The SMILES string of the molecule is COc1ccc(/C=C2\SC(=O)NC2=O)cc1OCC(C)C. The van der Waals surface area contributed by atoms with Crippen LogP contribution in [0.4, 0.5) is 4.79 Å². The average molecular weight is 307 g/mol. The molecule has 1 aromatic rings. The van der Waals surface area contributed by atoms with Crippen LogP contribution in [-0.2, 0) is 4.79 Å². The molecule has 21 heavy (non-hydrogen) atoms. The molecule has 1 aliphatic rings. The van der Waals surface area contributed by atoms with Gasteiger partial charge in [-0.2, -0.15) is 0 Å². The highest BCUT2D eigenvalue weighted by Gasteiger charge is 2.25. The number of thioether (sulfide) groups is 1. The first-order chi connectivity index (χ1) is 9.99. The Morgan fingerprint density at radius 2 is 2.05 bits per heavy atom. The molecule has 0 aliphatic carbocycles. The molecule has 2 amide bonds. The van der Waals surface area contributed by atoms with Crippen LogP contribution in [0.3, 0.4) is 0 Å². The van der Waals surface area contributed by atoms with Gasteiger partial charge in [-0.3, -0.25) is 14.9 Å². The second-order valence-corrected chi connectivity index (χ2v) is 5.98. The molecule has 1 heterocycles. The molecule has 0 aromatic heterocycles. The van der Waals surface area contributed by atoms with E-state index in [0.29, 0.717) is 28.9 Å². The quantitative estimate of drug-likeness (QED) is 0.847. The Bertz CT molecular complexity index is 595. The molecule has 0 spiro atoms. The Labute approximate surface area is 127 Å². The van der Waals surface area contributed by atoms with Gasteiger partial charge in [0.1, 0.15) is 0 Å². The van der Waals surface area contributed by atoms with Gasteiger partial charge >= 0.3 is 0 Å². The molecule has 5 nitrogen and oxygen atoms in total. The normalized spacial score (nSPS) is 16.5. The molecule has 0 bridgehead atoms. The lowest BCUT2D eigenvalue weighted by Crippen LogP contribution is -2.17. The van der Waals surface area contributed by atoms with Crippen LogP contribution in [0.2, 0.25) is 0 Å². The van der Waals surface area contributed by atoms with E-state index in [1.807, 2.05) is 6.07 Å². The maximum absolute atomic E-state index is 11.5. The highest BCUT2D eigenvalue weighted by Crippen LogP contribution is 2.31. The fourth-order valence-corrected chi connectivity index (χ4v) is 2.41. The number of nitrogens with one attached hydrogen (secondary N) is 1. The molecule has 112 valence electrons. The van der Waals surface area contributed by atoms with E-state index in [1.54, 1.807) is 25.3 Å². The highest BCUT2D eigenvalue weighted by molar-refractivity contribution is 8.18. The van der Waals surface area contributed by atoms with Crippen LogP contribution in [0, 0.1) is 5.92 Å². The Morgan fingerprint density at radius 3 is 2.62 bits per heavy atom. The fraction of sp³-hybridized carbons (Fsp3) is 0.333. The highest BCUT2D eigenvalue weighted by atomic mass is 32.2. The topological polar surface area (TPSA) is 64.6 Å². The molecule has 1 N–H and O–H groups in total. The molecular formula is C15H17NO4S. The third-order valence-corrected chi connectivity index (χ3v) is 3.51. The van der Waals surface area contributed by atoms with Gasteiger partial charge in [0.25, 0.3) is 11.1 Å². The van der Waals surface area contributed by atoms with Crippen LogP contribution in [-0.4, -0.2) is 24.9 Å². The zero-order chi connectivity index (χ0) is 15.4. The molecule has 1 fully saturated rings. The van der Waals surface area contributed by atoms with Crippen LogP contribution in [0.25, 0.3) is 6.08 Å². The second-order valence-electron chi connectivity index (χ2n) is 4.97. The number of rotatable bonds is 5. The van der Waals surface area contributed by atoms with E-state index in [1.165, 1.54) is 0 Å². The summed E-state index contributed by atoms with van der Waals surface area (Å²) < 4.78 is 11.0. The van der Waals surface area contributed by atoms with Crippen LogP contribution < -0.4 is 14.8 Å². The number of carbonyl (C=O) groups is 2. The fourth-order valence-electron chi connectivity index (χ4n) is 1.72. The van der Waals surface area contributed by atoms with Gasteiger partial charge in [-0.05, 0) is 41.5 Å². The zero-order valence-electron chi connectivity index (χ0n) is 12.1. The van der Waals surface area contributed by atoms with Gasteiger partial charge in [0.2, 0.25) is 0 Å². The standard InChI is InChI=1S/C15H17NO4S/c1-9(2)8-20-12-6-10(4-5-11(12)19-3)7-13-14(17)16-15(18)21-13/h4-7,9H,8H2,1-3H3,(H,16,17,18)/b13-7-. The Kier molecular flexibility index (Phi) is 4.90. The van der Waals surface area contributed by atoms with Gasteiger partial charge in [-0.25, -0.2) is 0 Å². The van der Waals surface area contributed by atoms with Crippen molar-refractivity contribution in [2.45, 2.75) is 13.8 Å². The maximum atomic E-state index is 11.5. The average Bonchev–Trinajstić information content (AvgIpc) is 2.74. The van der Waals surface area contributed by atoms with Crippen LogP contribution in [0.5, 0.6) is 11.5 Å². The van der Waals surface area contributed by atoms with Gasteiger partial charge in [-0.1, -0.05) is 19.9 Å². The summed E-state index contributed by atoms with van der Waals surface area (Å²) in [5.74, 6) is 1.28. The minimum atomic E-state index is -0.370. The number of ether oxygens (including phenoxy) is 2. The summed E-state index contributed by atoms with van der Waals surface area (Å²) in [6.07, 6.45) is 1.66.